The number of carbonyl (C=O) groups excluding carboxylic acids is 2. The first-order chi connectivity index (χ1) is 12.0. The Morgan fingerprint density at radius 3 is 2.32 bits per heavy atom. The zero-order valence-corrected chi connectivity index (χ0v) is 14.2. The van der Waals surface area contributed by atoms with Gasteiger partial charge < -0.3 is 15.1 Å². The molecule has 0 saturated carbocycles. The summed E-state index contributed by atoms with van der Waals surface area (Å²) in [5.41, 5.74) is 0.668. The molecule has 0 bridgehead atoms. The minimum Gasteiger partial charge on any atom is -0.335 e. The van der Waals surface area contributed by atoms with E-state index in [9.17, 15) is 14.0 Å². The average Bonchev–Trinajstić information content (AvgIpc) is 2.62. The summed E-state index contributed by atoms with van der Waals surface area (Å²) in [5, 5.41) is 3.32. The highest BCUT2D eigenvalue weighted by molar-refractivity contribution is 6.30. The number of halogens is 2. The molecule has 1 aliphatic rings. The summed E-state index contributed by atoms with van der Waals surface area (Å²) in [4.78, 5) is 27.8. The predicted octanol–water partition coefficient (Wildman–Crippen LogP) is 3.47. The van der Waals surface area contributed by atoms with Crippen LogP contribution in [0, 0.1) is 5.82 Å². The van der Waals surface area contributed by atoms with Crippen molar-refractivity contribution in [3.63, 3.8) is 0 Å². The zero-order valence-electron chi connectivity index (χ0n) is 13.4. The van der Waals surface area contributed by atoms with Crippen molar-refractivity contribution in [1.82, 2.24) is 9.80 Å². The van der Waals surface area contributed by atoms with Crippen molar-refractivity contribution in [2.45, 2.75) is 0 Å². The monoisotopic (exact) mass is 361 g/mol. The summed E-state index contributed by atoms with van der Waals surface area (Å²) in [7, 11) is 0. The molecule has 7 heteroatoms. The molecule has 2 aromatic carbocycles. The topological polar surface area (TPSA) is 52.7 Å². The maximum atomic E-state index is 13.7. The predicted molar refractivity (Wildman–Crippen MR) is 94.3 cm³/mol. The molecule has 0 spiro atoms. The van der Waals surface area contributed by atoms with E-state index in [1.807, 2.05) is 0 Å². The summed E-state index contributed by atoms with van der Waals surface area (Å²) in [6, 6.07) is 12.6. The fourth-order valence-electron chi connectivity index (χ4n) is 2.69. The standard InChI is InChI=1S/C18H17ClFN3O2/c19-13-4-3-5-14(12-13)21-18(25)23-10-8-22(9-11-23)17(24)15-6-1-2-7-16(15)20/h1-7,12H,8-11H2,(H,21,25). The van der Waals surface area contributed by atoms with E-state index in [0.717, 1.165) is 0 Å². The van der Waals surface area contributed by atoms with E-state index in [2.05, 4.69) is 5.32 Å². The number of nitrogens with zero attached hydrogens (tertiary/aromatic N) is 2. The van der Waals surface area contributed by atoms with Gasteiger partial charge in [0.25, 0.3) is 5.91 Å². The number of hydrogen-bond acceptors (Lipinski definition) is 2. The van der Waals surface area contributed by atoms with Crippen molar-refractivity contribution >= 4 is 29.2 Å². The number of nitrogens with one attached hydrogen (secondary N) is 1. The van der Waals surface area contributed by atoms with Crippen LogP contribution in [0.25, 0.3) is 0 Å². The first-order valence-corrected chi connectivity index (χ1v) is 8.28. The second-order valence-corrected chi connectivity index (χ2v) is 6.14. The molecule has 1 saturated heterocycles. The summed E-state index contributed by atoms with van der Waals surface area (Å²) in [6.45, 7) is 1.48. The maximum Gasteiger partial charge on any atom is 0.321 e. The van der Waals surface area contributed by atoms with Crippen molar-refractivity contribution in [3.05, 3.63) is 64.9 Å². The molecule has 1 N–H and O–H groups in total. The third-order valence-electron chi connectivity index (χ3n) is 4.03. The molecule has 3 rings (SSSR count). The van der Waals surface area contributed by atoms with E-state index in [1.54, 1.807) is 46.2 Å². The molecule has 0 unspecified atom stereocenters. The Balaban J connectivity index is 1.57. The van der Waals surface area contributed by atoms with E-state index >= 15 is 0 Å². The highest BCUT2D eigenvalue weighted by Gasteiger charge is 2.26. The van der Waals surface area contributed by atoms with Gasteiger partial charge in [0.05, 0.1) is 5.56 Å². The van der Waals surface area contributed by atoms with Crippen molar-refractivity contribution in [3.8, 4) is 0 Å². The third kappa shape index (κ3) is 4.09. The van der Waals surface area contributed by atoms with Gasteiger partial charge in [-0.1, -0.05) is 29.8 Å². The van der Waals surface area contributed by atoms with E-state index in [0.29, 0.717) is 36.9 Å². The van der Waals surface area contributed by atoms with Gasteiger partial charge in [0.2, 0.25) is 0 Å². The van der Waals surface area contributed by atoms with Gasteiger partial charge in [0, 0.05) is 36.9 Å². The summed E-state index contributed by atoms with van der Waals surface area (Å²) in [5.74, 6) is -0.887. The number of hydrogen-bond donors (Lipinski definition) is 1. The Hall–Kier alpha value is -2.60. The number of rotatable bonds is 2. The molecule has 1 fully saturated rings. The molecule has 1 heterocycles. The van der Waals surface area contributed by atoms with Gasteiger partial charge in [0.15, 0.2) is 0 Å². The molecule has 130 valence electrons. The van der Waals surface area contributed by atoms with Crippen LogP contribution in [-0.4, -0.2) is 47.9 Å². The van der Waals surface area contributed by atoms with E-state index in [-0.39, 0.29) is 17.5 Å². The molecule has 0 aliphatic carbocycles. The van der Waals surface area contributed by atoms with Crippen LogP contribution in [0.3, 0.4) is 0 Å². The van der Waals surface area contributed by atoms with Gasteiger partial charge in [-0.3, -0.25) is 4.79 Å². The number of benzene rings is 2. The Labute approximate surface area is 150 Å². The molecular weight excluding hydrogens is 345 g/mol. The Morgan fingerprint density at radius 1 is 0.960 bits per heavy atom. The number of anilines is 1. The fraction of sp³-hybridized carbons (Fsp3) is 0.222. The Kier molecular flexibility index (Phi) is 5.19. The Bertz CT molecular complexity index is 791. The van der Waals surface area contributed by atoms with Crippen LogP contribution in [0.5, 0.6) is 0 Å². The second-order valence-electron chi connectivity index (χ2n) is 5.70. The van der Waals surface area contributed by atoms with Crippen LogP contribution >= 0.6 is 11.6 Å². The van der Waals surface area contributed by atoms with Crippen molar-refractivity contribution in [2.24, 2.45) is 0 Å². The van der Waals surface area contributed by atoms with E-state index in [4.69, 9.17) is 11.6 Å². The highest BCUT2D eigenvalue weighted by atomic mass is 35.5. The average molecular weight is 362 g/mol. The van der Waals surface area contributed by atoms with E-state index in [1.165, 1.54) is 12.1 Å². The first-order valence-electron chi connectivity index (χ1n) is 7.90. The minimum atomic E-state index is -0.534. The van der Waals surface area contributed by atoms with Crippen LogP contribution < -0.4 is 5.32 Å². The molecule has 0 radical (unpaired) electrons. The Morgan fingerprint density at radius 2 is 1.64 bits per heavy atom. The summed E-state index contributed by atoms with van der Waals surface area (Å²) < 4.78 is 13.7. The minimum absolute atomic E-state index is 0.0549. The molecule has 1 aliphatic heterocycles. The number of carbonyl (C=O) groups is 2. The SMILES string of the molecule is O=C(Nc1cccc(Cl)c1)N1CCN(C(=O)c2ccccc2F)CC1. The molecule has 3 amide bonds. The lowest BCUT2D eigenvalue weighted by Crippen LogP contribution is -2.51. The van der Waals surface area contributed by atoms with Gasteiger partial charge in [-0.05, 0) is 30.3 Å². The molecule has 5 nitrogen and oxygen atoms in total. The van der Waals surface area contributed by atoms with Crippen molar-refractivity contribution in [2.75, 3.05) is 31.5 Å². The van der Waals surface area contributed by atoms with Gasteiger partial charge in [-0.2, -0.15) is 0 Å². The van der Waals surface area contributed by atoms with Crippen molar-refractivity contribution in [1.29, 1.82) is 0 Å². The van der Waals surface area contributed by atoms with Gasteiger partial charge in [0.1, 0.15) is 5.82 Å². The van der Waals surface area contributed by atoms with Crippen LogP contribution in [0.2, 0.25) is 5.02 Å². The number of amides is 3. The van der Waals surface area contributed by atoms with Gasteiger partial charge in [-0.25, -0.2) is 9.18 Å². The van der Waals surface area contributed by atoms with Gasteiger partial charge in [-0.15, -0.1) is 0 Å². The van der Waals surface area contributed by atoms with E-state index < -0.39 is 5.82 Å². The van der Waals surface area contributed by atoms with Crippen LogP contribution in [0.1, 0.15) is 10.4 Å². The number of piperazine rings is 1. The normalized spacial score (nSPS) is 14.3. The molecule has 0 aromatic heterocycles. The van der Waals surface area contributed by atoms with Gasteiger partial charge >= 0.3 is 6.03 Å². The van der Waals surface area contributed by atoms with Crippen molar-refractivity contribution < 1.29 is 14.0 Å². The zero-order chi connectivity index (χ0) is 17.8. The molecular formula is C18H17ClFN3O2. The molecule has 0 atom stereocenters. The molecule has 25 heavy (non-hydrogen) atoms. The molecule has 2 aromatic rings. The van der Waals surface area contributed by atoms with Crippen LogP contribution in [0.15, 0.2) is 48.5 Å². The summed E-state index contributed by atoms with van der Waals surface area (Å²) in [6.07, 6.45) is 0. The maximum absolute atomic E-state index is 13.7. The largest absolute Gasteiger partial charge is 0.335 e. The lowest BCUT2D eigenvalue weighted by atomic mass is 10.1. The second kappa shape index (κ2) is 7.53. The number of urea groups is 1. The first kappa shape index (κ1) is 17.2. The fourth-order valence-corrected chi connectivity index (χ4v) is 2.88. The smallest absolute Gasteiger partial charge is 0.321 e. The van der Waals surface area contributed by atoms with Crippen LogP contribution in [-0.2, 0) is 0 Å². The van der Waals surface area contributed by atoms with Crippen LogP contribution in [0.4, 0.5) is 14.9 Å². The quantitative estimate of drug-likeness (QED) is 0.890. The highest BCUT2D eigenvalue weighted by Crippen LogP contribution is 2.16. The summed E-state index contributed by atoms with van der Waals surface area (Å²) >= 11 is 5.90. The lowest BCUT2D eigenvalue weighted by Gasteiger charge is -2.34. The third-order valence-corrected chi connectivity index (χ3v) is 4.27. The lowest BCUT2D eigenvalue weighted by molar-refractivity contribution is 0.0667.